The van der Waals surface area contributed by atoms with Crippen LogP contribution in [0.1, 0.15) is 11.1 Å². The van der Waals surface area contributed by atoms with Gasteiger partial charge in [-0.1, -0.05) is 24.3 Å². The molecule has 0 unspecified atom stereocenters. The van der Waals surface area contributed by atoms with Crippen LogP contribution in [0.5, 0.6) is 11.5 Å². The van der Waals surface area contributed by atoms with Gasteiger partial charge in [-0.3, -0.25) is 0 Å². The maximum Gasteiger partial charge on any atom is 0.122 e. The lowest BCUT2D eigenvalue weighted by atomic mass is 9.98. The van der Waals surface area contributed by atoms with Gasteiger partial charge in [0.1, 0.15) is 11.5 Å². The van der Waals surface area contributed by atoms with Gasteiger partial charge < -0.3 is 9.47 Å². The summed E-state index contributed by atoms with van der Waals surface area (Å²) < 4.78 is 10.8. The topological polar surface area (TPSA) is 18.5 Å². The van der Waals surface area contributed by atoms with E-state index in [0.29, 0.717) is 0 Å². The number of hydrogen-bond acceptors (Lipinski definition) is 2. The number of benzene rings is 2. The van der Waals surface area contributed by atoms with Crippen LogP contribution < -0.4 is 9.47 Å². The van der Waals surface area contributed by atoms with Gasteiger partial charge in [0.2, 0.25) is 0 Å². The molecule has 2 aromatic rings. The molecule has 0 bridgehead atoms. The molecule has 0 aliphatic rings. The van der Waals surface area contributed by atoms with Crippen LogP contribution in [0.25, 0.3) is 11.1 Å². The summed E-state index contributed by atoms with van der Waals surface area (Å²) in [5.74, 6) is 1.74. The van der Waals surface area contributed by atoms with E-state index in [1.807, 2.05) is 30.4 Å². The van der Waals surface area contributed by atoms with E-state index in [4.69, 9.17) is 9.47 Å². The molecule has 0 N–H and O–H groups in total. The average Bonchev–Trinajstić information content (AvgIpc) is 2.55. The second kappa shape index (κ2) is 7.51. The quantitative estimate of drug-likeness (QED) is 0.681. The van der Waals surface area contributed by atoms with Crippen LogP contribution in [0.2, 0.25) is 0 Å². The molecule has 0 aromatic heterocycles. The summed E-state index contributed by atoms with van der Waals surface area (Å²) in [6.45, 7) is 7.62. The molecule has 2 nitrogen and oxygen atoms in total. The fourth-order valence-corrected chi connectivity index (χ4v) is 2.50. The SMILES string of the molecule is C=CCc1cc(OC)cc(-c2ccc(OC)c(CC=C)c2)c1. The zero-order valence-electron chi connectivity index (χ0n) is 13.3. The van der Waals surface area contributed by atoms with Gasteiger partial charge in [-0.05, 0) is 59.4 Å². The molecule has 0 spiro atoms. The minimum atomic E-state index is 0.778. The molecule has 2 rings (SSSR count). The van der Waals surface area contributed by atoms with Gasteiger partial charge in [0.05, 0.1) is 14.2 Å². The van der Waals surface area contributed by atoms with E-state index in [-0.39, 0.29) is 0 Å². The first-order chi connectivity index (χ1) is 10.7. The molecule has 22 heavy (non-hydrogen) atoms. The number of methoxy groups -OCH3 is 2. The van der Waals surface area contributed by atoms with Crippen molar-refractivity contribution in [1.82, 2.24) is 0 Å². The van der Waals surface area contributed by atoms with Crippen molar-refractivity contribution in [2.75, 3.05) is 14.2 Å². The Kier molecular flexibility index (Phi) is 5.42. The van der Waals surface area contributed by atoms with Crippen molar-refractivity contribution in [2.24, 2.45) is 0 Å². The normalized spacial score (nSPS) is 10.1. The fourth-order valence-electron chi connectivity index (χ4n) is 2.50. The highest BCUT2D eigenvalue weighted by Crippen LogP contribution is 2.30. The van der Waals surface area contributed by atoms with Crippen molar-refractivity contribution >= 4 is 0 Å². The third-order valence-electron chi connectivity index (χ3n) is 3.56. The highest BCUT2D eigenvalue weighted by Gasteiger charge is 2.07. The lowest BCUT2D eigenvalue weighted by molar-refractivity contribution is 0.411. The van der Waals surface area contributed by atoms with Crippen molar-refractivity contribution in [2.45, 2.75) is 12.8 Å². The van der Waals surface area contributed by atoms with Crippen LogP contribution in [0.15, 0.2) is 61.7 Å². The Bertz CT molecular complexity index is 671. The van der Waals surface area contributed by atoms with Crippen molar-refractivity contribution in [3.8, 4) is 22.6 Å². The Morgan fingerprint density at radius 1 is 0.864 bits per heavy atom. The van der Waals surface area contributed by atoms with Crippen LogP contribution in [0.3, 0.4) is 0 Å². The maximum absolute atomic E-state index is 5.41. The molecular weight excluding hydrogens is 272 g/mol. The number of rotatable bonds is 7. The first kappa shape index (κ1) is 15.9. The number of ether oxygens (including phenoxy) is 2. The molecule has 0 aliphatic heterocycles. The average molecular weight is 294 g/mol. The molecule has 0 fully saturated rings. The number of hydrogen-bond donors (Lipinski definition) is 0. The van der Waals surface area contributed by atoms with E-state index < -0.39 is 0 Å². The lowest BCUT2D eigenvalue weighted by Gasteiger charge is -2.12. The molecule has 0 amide bonds. The Morgan fingerprint density at radius 3 is 2.27 bits per heavy atom. The molecule has 0 heterocycles. The van der Waals surface area contributed by atoms with E-state index in [1.165, 1.54) is 5.56 Å². The summed E-state index contributed by atoms with van der Waals surface area (Å²) in [5, 5.41) is 0. The molecule has 2 aromatic carbocycles. The first-order valence-corrected chi connectivity index (χ1v) is 7.28. The van der Waals surface area contributed by atoms with Gasteiger partial charge in [0.25, 0.3) is 0 Å². The minimum Gasteiger partial charge on any atom is -0.497 e. The summed E-state index contributed by atoms with van der Waals surface area (Å²) in [5.41, 5.74) is 4.58. The van der Waals surface area contributed by atoms with Gasteiger partial charge in [-0.15, -0.1) is 13.2 Å². The van der Waals surface area contributed by atoms with Crippen molar-refractivity contribution in [1.29, 1.82) is 0 Å². The molecule has 0 radical (unpaired) electrons. The van der Waals surface area contributed by atoms with Gasteiger partial charge in [0, 0.05) is 0 Å². The summed E-state index contributed by atoms with van der Waals surface area (Å²) >= 11 is 0. The summed E-state index contributed by atoms with van der Waals surface area (Å²) in [6.07, 6.45) is 5.38. The van der Waals surface area contributed by atoms with Crippen molar-refractivity contribution in [3.63, 3.8) is 0 Å². The van der Waals surface area contributed by atoms with E-state index in [1.54, 1.807) is 14.2 Å². The predicted octanol–water partition coefficient (Wildman–Crippen LogP) is 4.83. The molecule has 114 valence electrons. The molecule has 0 saturated heterocycles. The molecule has 2 heteroatoms. The van der Waals surface area contributed by atoms with Gasteiger partial charge in [-0.2, -0.15) is 0 Å². The van der Waals surface area contributed by atoms with E-state index in [2.05, 4.69) is 31.4 Å². The van der Waals surface area contributed by atoms with Crippen molar-refractivity contribution in [3.05, 3.63) is 72.8 Å². The maximum atomic E-state index is 5.41. The van der Waals surface area contributed by atoms with Crippen molar-refractivity contribution < 1.29 is 9.47 Å². The third kappa shape index (κ3) is 3.59. The van der Waals surface area contributed by atoms with Crippen LogP contribution >= 0.6 is 0 Å². The molecule has 0 saturated carbocycles. The Balaban J connectivity index is 2.50. The molecule has 0 atom stereocenters. The Labute approximate surface area is 132 Å². The predicted molar refractivity (Wildman–Crippen MR) is 92.8 cm³/mol. The largest absolute Gasteiger partial charge is 0.497 e. The minimum absolute atomic E-state index is 0.778. The summed E-state index contributed by atoms with van der Waals surface area (Å²) in [6, 6.07) is 12.5. The fraction of sp³-hybridized carbons (Fsp3) is 0.200. The zero-order chi connectivity index (χ0) is 15.9. The highest BCUT2D eigenvalue weighted by molar-refractivity contribution is 5.68. The van der Waals surface area contributed by atoms with Gasteiger partial charge >= 0.3 is 0 Å². The van der Waals surface area contributed by atoms with Crippen LogP contribution in [0.4, 0.5) is 0 Å². The highest BCUT2D eigenvalue weighted by atomic mass is 16.5. The summed E-state index contributed by atoms with van der Waals surface area (Å²) in [7, 11) is 3.38. The monoisotopic (exact) mass is 294 g/mol. The molecule has 0 aliphatic carbocycles. The number of allylic oxidation sites excluding steroid dienone is 2. The molecular formula is C20H22O2. The Morgan fingerprint density at radius 2 is 1.64 bits per heavy atom. The second-order valence-corrected chi connectivity index (χ2v) is 5.08. The van der Waals surface area contributed by atoms with Crippen LogP contribution in [-0.2, 0) is 12.8 Å². The van der Waals surface area contributed by atoms with Crippen LogP contribution in [-0.4, -0.2) is 14.2 Å². The van der Waals surface area contributed by atoms with Gasteiger partial charge in [0.15, 0.2) is 0 Å². The van der Waals surface area contributed by atoms with Crippen LogP contribution in [0, 0.1) is 0 Å². The van der Waals surface area contributed by atoms with E-state index in [0.717, 1.165) is 41.0 Å². The second-order valence-electron chi connectivity index (χ2n) is 5.08. The van der Waals surface area contributed by atoms with E-state index in [9.17, 15) is 0 Å². The van der Waals surface area contributed by atoms with E-state index >= 15 is 0 Å². The summed E-state index contributed by atoms with van der Waals surface area (Å²) in [4.78, 5) is 0. The third-order valence-corrected chi connectivity index (χ3v) is 3.56. The smallest absolute Gasteiger partial charge is 0.122 e. The Hall–Kier alpha value is -2.48. The zero-order valence-corrected chi connectivity index (χ0v) is 13.3. The lowest BCUT2D eigenvalue weighted by Crippen LogP contribution is -1.93. The first-order valence-electron chi connectivity index (χ1n) is 7.28. The standard InChI is InChI=1S/C20H22O2/c1-5-7-15-11-18(14-19(12-15)21-3)16-9-10-20(22-4)17(13-16)8-6-2/h5-6,9-14H,1-2,7-8H2,3-4H3. The van der Waals surface area contributed by atoms with Gasteiger partial charge in [-0.25, -0.2) is 0 Å².